The highest BCUT2D eigenvalue weighted by atomic mass is 14.9. The Balaban J connectivity index is 2.19. The number of fused-ring (bicyclic) bond motifs is 2. The van der Waals surface area contributed by atoms with Crippen LogP contribution in [0.15, 0.2) is 53.5 Å². The first-order valence-corrected chi connectivity index (χ1v) is 4.93. The summed E-state index contributed by atoms with van der Waals surface area (Å²) in [6.45, 7) is 0. The fourth-order valence-electron chi connectivity index (χ4n) is 1.70. The first-order chi connectivity index (χ1) is 7.43. The van der Waals surface area contributed by atoms with Crippen molar-refractivity contribution in [3.8, 4) is 0 Å². The van der Waals surface area contributed by atoms with Crippen LogP contribution in [-0.2, 0) is 0 Å². The van der Waals surface area contributed by atoms with E-state index in [1.54, 1.807) is 0 Å². The minimum atomic E-state index is 0.980. The van der Waals surface area contributed by atoms with Crippen LogP contribution in [0.3, 0.4) is 0 Å². The zero-order valence-electron chi connectivity index (χ0n) is 8.14. The smallest absolute Gasteiger partial charge is 0.0864 e. The fourth-order valence-corrected chi connectivity index (χ4v) is 1.70. The maximum absolute atomic E-state index is 4.44. The Labute approximate surface area is 88.3 Å². The van der Waals surface area contributed by atoms with Crippen molar-refractivity contribution < 1.29 is 0 Å². The van der Waals surface area contributed by atoms with E-state index in [1.807, 2.05) is 42.6 Å². The molecule has 15 heavy (non-hydrogen) atoms. The quantitative estimate of drug-likeness (QED) is 0.582. The third kappa shape index (κ3) is 1.40. The van der Waals surface area contributed by atoms with Crippen LogP contribution >= 0.6 is 0 Å². The number of para-hydroxylation sites is 3. The normalized spacial score (nSPS) is 12.3. The molecule has 0 saturated heterocycles. The van der Waals surface area contributed by atoms with E-state index in [0.717, 1.165) is 22.6 Å². The Morgan fingerprint density at radius 3 is 2.47 bits per heavy atom. The zero-order chi connectivity index (χ0) is 10.1. The van der Waals surface area contributed by atoms with E-state index in [1.165, 1.54) is 0 Å². The molecule has 2 aromatic carbocycles. The Morgan fingerprint density at radius 2 is 1.53 bits per heavy atom. The third-order valence-corrected chi connectivity index (χ3v) is 2.48. The lowest BCUT2D eigenvalue weighted by atomic mass is 10.2. The number of anilines is 2. The second-order valence-electron chi connectivity index (χ2n) is 3.49. The van der Waals surface area contributed by atoms with E-state index in [0.29, 0.717) is 0 Å². The summed E-state index contributed by atoms with van der Waals surface area (Å²) >= 11 is 0. The molecule has 2 nitrogen and oxygen atoms in total. The van der Waals surface area contributed by atoms with Gasteiger partial charge in [0.15, 0.2) is 0 Å². The Hall–Kier alpha value is -2.09. The molecule has 0 aromatic heterocycles. The lowest BCUT2D eigenvalue weighted by Gasteiger charge is -2.07. The first kappa shape index (κ1) is 8.24. The molecule has 0 atom stereocenters. The summed E-state index contributed by atoms with van der Waals surface area (Å²) in [6.07, 6.45) is 1.90. The maximum Gasteiger partial charge on any atom is 0.0864 e. The maximum atomic E-state index is 4.44. The second-order valence-corrected chi connectivity index (χ2v) is 3.49. The molecule has 0 aliphatic carbocycles. The van der Waals surface area contributed by atoms with Gasteiger partial charge in [-0.3, -0.25) is 4.99 Å². The average molecular weight is 194 g/mol. The van der Waals surface area contributed by atoms with Crippen LogP contribution < -0.4 is 5.32 Å². The molecule has 2 aromatic rings. The molecule has 0 radical (unpaired) electrons. The number of rotatable bonds is 0. The van der Waals surface area contributed by atoms with Crippen molar-refractivity contribution in [2.45, 2.75) is 0 Å². The van der Waals surface area contributed by atoms with Crippen LogP contribution in [0.2, 0.25) is 0 Å². The van der Waals surface area contributed by atoms with Gasteiger partial charge in [-0.1, -0.05) is 30.3 Å². The fraction of sp³-hybridized carbons (Fsp3) is 0. The first-order valence-electron chi connectivity index (χ1n) is 4.93. The number of aliphatic imine (C=N–C) groups is 1. The summed E-state index contributed by atoms with van der Waals surface area (Å²) in [5, 5.41) is 3.38. The summed E-state index contributed by atoms with van der Waals surface area (Å²) in [6, 6.07) is 16.2. The summed E-state index contributed by atoms with van der Waals surface area (Å²) in [5.74, 6) is 0. The molecule has 0 amide bonds. The van der Waals surface area contributed by atoms with Crippen LogP contribution in [0.25, 0.3) is 0 Å². The van der Waals surface area contributed by atoms with E-state index in [-0.39, 0.29) is 0 Å². The van der Waals surface area contributed by atoms with Gasteiger partial charge in [0.2, 0.25) is 0 Å². The van der Waals surface area contributed by atoms with E-state index in [2.05, 4.69) is 22.4 Å². The standard InChI is InChI=1S/C13H10N2/c1-2-6-11-10(5-1)9-14-12-7-3-4-8-13(12)15-11/h1-9,15H. The molecule has 1 aliphatic heterocycles. The van der Waals surface area contributed by atoms with Crippen LogP contribution in [-0.4, -0.2) is 6.21 Å². The predicted octanol–water partition coefficient (Wildman–Crippen LogP) is 3.49. The van der Waals surface area contributed by atoms with E-state index in [4.69, 9.17) is 0 Å². The number of hydrogen-bond acceptors (Lipinski definition) is 2. The summed E-state index contributed by atoms with van der Waals surface area (Å²) in [4.78, 5) is 4.44. The number of benzene rings is 2. The largest absolute Gasteiger partial charge is 0.353 e. The van der Waals surface area contributed by atoms with E-state index >= 15 is 0 Å². The Kier molecular flexibility index (Phi) is 1.78. The van der Waals surface area contributed by atoms with Gasteiger partial charge in [0.1, 0.15) is 0 Å². The lowest BCUT2D eigenvalue weighted by molar-refractivity contribution is 1.51. The summed E-state index contributed by atoms with van der Waals surface area (Å²) in [7, 11) is 0. The van der Waals surface area contributed by atoms with Crippen molar-refractivity contribution in [2.75, 3.05) is 5.32 Å². The van der Waals surface area contributed by atoms with Gasteiger partial charge >= 0.3 is 0 Å². The van der Waals surface area contributed by atoms with E-state index < -0.39 is 0 Å². The van der Waals surface area contributed by atoms with Crippen LogP contribution in [0, 0.1) is 0 Å². The van der Waals surface area contributed by atoms with Crippen LogP contribution in [0.4, 0.5) is 17.1 Å². The monoisotopic (exact) mass is 194 g/mol. The molecule has 0 fully saturated rings. The molecule has 0 saturated carbocycles. The molecular weight excluding hydrogens is 184 g/mol. The van der Waals surface area contributed by atoms with Crippen molar-refractivity contribution in [2.24, 2.45) is 4.99 Å². The Bertz CT molecular complexity index is 482. The minimum absolute atomic E-state index is 0.980. The Morgan fingerprint density at radius 1 is 0.800 bits per heavy atom. The molecule has 3 rings (SSSR count). The lowest BCUT2D eigenvalue weighted by Crippen LogP contribution is -1.91. The molecule has 0 unspecified atom stereocenters. The van der Waals surface area contributed by atoms with Crippen molar-refractivity contribution in [3.05, 3.63) is 54.1 Å². The topological polar surface area (TPSA) is 24.4 Å². The van der Waals surface area contributed by atoms with Gasteiger partial charge in [-0.05, 0) is 18.2 Å². The minimum Gasteiger partial charge on any atom is -0.353 e. The molecule has 1 N–H and O–H groups in total. The van der Waals surface area contributed by atoms with Gasteiger partial charge in [0.05, 0.1) is 11.4 Å². The van der Waals surface area contributed by atoms with Gasteiger partial charge in [-0.15, -0.1) is 0 Å². The second kappa shape index (κ2) is 3.24. The van der Waals surface area contributed by atoms with Gasteiger partial charge in [0.25, 0.3) is 0 Å². The number of hydrogen-bond donors (Lipinski definition) is 1. The molecule has 1 aliphatic rings. The highest BCUT2D eigenvalue weighted by molar-refractivity contribution is 5.94. The van der Waals surface area contributed by atoms with Crippen molar-refractivity contribution in [3.63, 3.8) is 0 Å². The molecular formula is C13H10N2. The van der Waals surface area contributed by atoms with Gasteiger partial charge < -0.3 is 5.32 Å². The van der Waals surface area contributed by atoms with E-state index in [9.17, 15) is 0 Å². The highest BCUT2D eigenvalue weighted by Crippen LogP contribution is 2.31. The summed E-state index contributed by atoms with van der Waals surface area (Å²) < 4.78 is 0. The highest BCUT2D eigenvalue weighted by Gasteiger charge is 2.06. The molecule has 72 valence electrons. The third-order valence-electron chi connectivity index (χ3n) is 2.48. The zero-order valence-corrected chi connectivity index (χ0v) is 8.14. The molecule has 2 heteroatoms. The van der Waals surface area contributed by atoms with Gasteiger partial charge in [-0.25, -0.2) is 0 Å². The van der Waals surface area contributed by atoms with Gasteiger partial charge in [0, 0.05) is 17.5 Å². The summed E-state index contributed by atoms with van der Waals surface area (Å²) in [5.41, 5.74) is 4.26. The van der Waals surface area contributed by atoms with Crippen LogP contribution in [0.5, 0.6) is 0 Å². The van der Waals surface area contributed by atoms with Crippen LogP contribution in [0.1, 0.15) is 5.56 Å². The SMILES string of the molecule is C1=Nc2ccccc2Nc2ccccc21. The van der Waals surface area contributed by atoms with Gasteiger partial charge in [-0.2, -0.15) is 0 Å². The molecule has 0 bridgehead atoms. The number of nitrogens with one attached hydrogen (secondary N) is 1. The van der Waals surface area contributed by atoms with Crippen molar-refractivity contribution in [1.29, 1.82) is 0 Å². The molecule has 0 spiro atoms. The van der Waals surface area contributed by atoms with Crippen molar-refractivity contribution in [1.82, 2.24) is 0 Å². The average Bonchev–Trinajstić information content (AvgIpc) is 2.48. The predicted molar refractivity (Wildman–Crippen MR) is 63.4 cm³/mol. The van der Waals surface area contributed by atoms with Crippen molar-refractivity contribution >= 4 is 23.3 Å². The number of nitrogens with zero attached hydrogens (tertiary/aromatic N) is 1. The molecule has 1 heterocycles.